The Labute approximate surface area is 173 Å². The summed E-state index contributed by atoms with van der Waals surface area (Å²) < 4.78 is 4.13. The molecule has 9 nitrogen and oxygen atoms in total. The quantitative estimate of drug-likeness (QED) is 0.660. The number of anilines is 2. The molecule has 0 aliphatic carbocycles. The van der Waals surface area contributed by atoms with Crippen molar-refractivity contribution in [1.29, 1.82) is 0 Å². The third kappa shape index (κ3) is 3.40. The van der Waals surface area contributed by atoms with Gasteiger partial charge in [-0.3, -0.25) is 18.7 Å². The van der Waals surface area contributed by atoms with E-state index in [1.165, 1.54) is 22.9 Å². The van der Waals surface area contributed by atoms with Gasteiger partial charge in [0.1, 0.15) is 0 Å². The molecule has 0 bridgehead atoms. The number of likely N-dealkylation sites (N-methyl/N-ethyl adjacent to an activating group) is 1. The number of imidazole rings is 1. The van der Waals surface area contributed by atoms with E-state index in [-0.39, 0.29) is 11.5 Å². The highest BCUT2D eigenvalue weighted by molar-refractivity contribution is 5.91. The second-order valence-corrected chi connectivity index (χ2v) is 7.64. The lowest BCUT2D eigenvalue weighted by molar-refractivity contribution is -0.116. The molecule has 1 aliphatic heterocycles. The van der Waals surface area contributed by atoms with Crippen LogP contribution in [0.15, 0.2) is 34.1 Å². The Morgan fingerprint density at radius 1 is 1.20 bits per heavy atom. The molecular weight excluding hydrogens is 384 g/mol. The van der Waals surface area contributed by atoms with Gasteiger partial charge in [0.2, 0.25) is 5.91 Å². The van der Waals surface area contributed by atoms with Crippen LogP contribution in [-0.2, 0) is 31.9 Å². The zero-order valence-electron chi connectivity index (χ0n) is 17.5. The van der Waals surface area contributed by atoms with Gasteiger partial charge in [-0.05, 0) is 37.5 Å². The van der Waals surface area contributed by atoms with E-state index in [2.05, 4.69) is 28.2 Å². The van der Waals surface area contributed by atoms with E-state index in [0.29, 0.717) is 30.6 Å². The molecule has 0 saturated carbocycles. The van der Waals surface area contributed by atoms with E-state index in [1.54, 1.807) is 17.9 Å². The summed E-state index contributed by atoms with van der Waals surface area (Å²) in [6.45, 7) is 4.57. The molecule has 2 aromatic heterocycles. The molecule has 0 unspecified atom stereocenters. The number of nitrogens with zero attached hydrogens (tertiary/aromatic N) is 5. The average molecular weight is 410 g/mol. The first-order valence-corrected chi connectivity index (χ1v) is 10.2. The van der Waals surface area contributed by atoms with E-state index in [0.717, 1.165) is 29.8 Å². The van der Waals surface area contributed by atoms with Crippen LogP contribution in [0.5, 0.6) is 0 Å². The third-order valence-corrected chi connectivity index (χ3v) is 5.76. The molecule has 1 amide bonds. The Morgan fingerprint density at radius 2 is 2.00 bits per heavy atom. The summed E-state index contributed by atoms with van der Waals surface area (Å²) in [4.78, 5) is 43.4. The van der Waals surface area contributed by atoms with Crippen LogP contribution in [0.2, 0.25) is 0 Å². The molecule has 0 radical (unpaired) electrons. The Balaban J connectivity index is 1.41. The van der Waals surface area contributed by atoms with Crippen LogP contribution in [0.3, 0.4) is 0 Å². The van der Waals surface area contributed by atoms with Gasteiger partial charge in [0.05, 0.1) is 6.33 Å². The van der Waals surface area contributed by atoms with Crippen molar-refractivity contribution in [2.45, 2.75) is 32.7 Å². The number of aromatic nitrogens is 4. The van der Waals surface area contributed by atoms with Crippen molar-refractivity contribution >= 4 is 28.4 Å². The topological polar surface area (TPSA) is 94.2 Å². The maximum Gasteiger partial charge on any atom is 0.332 e. The standard InChI is InChI=1S/C21H26N6O3/c1-4-26-11-9-14-7-8-15(12-16(14)26)23-17(28)6-5-10-27-13-22-19-18(27)20(29)25(3)21(30)24(19)2/h7-8,12-13H,4-6,9-11H2,1-3H3,(H,23,28). The summed E-state index contributed by atoms with van der Waals surface area (Å²) >= 11 is 0. The predicted molar refractivity (Wildman–Crippen MR) is 116 cm³/mol. The van der Waals surface area contributed by atoms with E-state index >= 15 is 0 Å². The van der Waals surface area contributed by atoms with Gasteiger partial charge in [0.25, 0.3) is 5.56 Å². The number of hydrogen-bond donors (Lipinski definition) is 1. The van der Waals surface area contributed by atoms with E-state index < -0.39 is 5.69 Å². The summed E-state index contributed by atoms with van der Waals surface area (Å²) in [5.74, 6) is -0.0688. The monoisotopic (exact) mass is 410 g/mol. The molecular formula is C21H26N6O3. The van der Waals surface area contributed by atoms with Gasteiger partial charge in [-0.25, -0.2) is 9.78 Å². The fourth-order valence-corrected chi connectivity index (χ4v) is 4.05. The molecule has 0 atom stereocenters. The fraction of sp³-hybridized carbons (Fsp3) is 0.429. The summed E-state index contributed by atoms with van der Waals surface area (Å²) in [5, 5.41) is 2.97. The molecule has 30 heavy (non-hydrogen) atoms. The number of carbonyl (C=O) groups is 1. The number of amides is 1. The number of nitrogens with one attached hydrogen (secondary N) is 1. The number of benzene rings is 1. The summed E-state index contributed by atoms with van der Waals surface area (Å²) in [7, 11) is 3.04. The largest absolute Gasteiger partial charge is 0.371 e. The number of fused-ring (bicyclic) bond motifs is 2. The van der Waals surface area contributed by atoms with Gasteiger partial charge in [0, 0.05) is 51.5 Å². The van der Waals surface area contributed by atoms with Crippen molar-refractivity contribution in [2.75, 3.05) is 23.3 Å². The molecule has 0 spiro atoms. The van der Waals surface area contributed by atoms with Crippen LogP contribution in [0.25, 0.3) is 11.2 Å². The lowest BCUT2D eigenvalue weighted by Gasteiger charge is -2.17. The molecule has 0 fully saturated rings. The highest BCUT2D eigenvalue weighted by atomic mass is 16.2. The highest BCUT2D eigenvalue weighted by Crippen LogP contribution is 2.30. The zero-order valence-corrected chi connectivity index (χ0v) is 17.5. The molecule has 1 aromatic carbocycles. The first kappa shape index (κ1) is 19.9. The second-order valence-electron chi connectivity index (χ2n) is 7.64. The van der Waals surface area contributed by atoms with Crippen LogP contribution in [0.4, 0.5) is 11.4 Å². The summed E-state index contributed by atoms with van der Waals surface area (Å²) in [6.07, 6.45) is 3.46. The molecule has 4 rings (SSSR count). The minimum absolute atomic E-state index is 0.0688. The van der Waals surface area contributed by atoms with Crippen molar-refractivity contribution in [3.05, 3.63) is 50.9 Å². The first-order chi connectivity index (χ1) is 14.4. The maximum absolute atomic E-state index is 12.5. The molecule has 0 saturated heterocycles. The third-order valence-electron chi connectivity index (χ3n) is 5.76. The molecule has 3 heterocycles. The lowest BCUT2D eigenvalue weighted by Crippen LogP contribution is -2.37. The minimum atomic E-state index is -0.409. The second kappa shape index (κ2) is 7.81. The molecule has 158 valence electrons. The number of aryl methyl sites for hydroxylation is 2. The summed E-state index contributed by atoms with van der Waals surface area (Å²) in [5.41, 5.74) is 3.25. The fourth-order valence-electron chi connectivity index (χ4n) is 4.05. The lowest BCUT2D eigenvalue weighted by atomic mass is 10.1. The smallest absolute Gasteiger partial charge is 0.332 e. The van der Waals surface area contributed by atoms with Gasteiger partial charge in [0.15, 0.2) is 11.2 Å². The number of carbonyl (C=O) groups excluding carboxylic acids is 1. The minimum Gasteiger partial charge on any atom is -0.371 e. The number of hydrogen-bond acceptors (Lipinski definition) is 5. The Kier molecular flexibility index (Phi) is 5.19. The van der Waals surface area contributed by atoms with E-state index in [4.69, 9.17) is 0 Å². The van der Waals surface area contributed by atoms with E-state index in [9.17, 15) is 14.4 Å². The van der Waals surface area contributed by atoms with Crippen molar-refractivity contribution in [1.82, 2.24) is 18.7 Å². The van der Waals surface area contributed by atoms with Crippen LogP contribution >= 0.6 is 0 Å². The van der Waals surface area contributed by atoms with Crippen LogP contribution in [0, 0.1) is 0 Å². The molecule has 9 heteroatoms. The predicted octanol–water partition coefficient (Wildman–Crippen LogP) is 1.23. The molecule has 1 aliphatic rings. The maximum atomic E-state index is 12.5. The Bertz CT molecular complexity index is 1240. The van der Waals surface area contributed by atoms with Gasteiger partial charge in [-0.2, -0.15) is 0 Å². The SMILES string of the molecule is CCN1CCc2ccc(NC(=O)CCCn3cnc4c3c(=O)n(C)c(=O)n4C)cc21. The van der Waals surface area contributed by atoms with Gasteiger partial charge in [-0.15, -0.1) is 0 Å². The molecule has 1 N–H and O–H groups in total. The Hall–Kier alpha value is -3.36. The van der Waals surface area contributed by atoms with E-state index in [1.807, 2.05) is 12.1 Å². The van der Waals surface area contributed by atoms with Gasteiger partial charge >= 0.3 is 5.69 Å². The van der Waals surface area contributed by atoms with Crippen LogP contribution in [-0.4, -0.2) is 37.7 Å². The Morgan fingerprint density at radius 3 is 2.77 bits per heavy atom. The van der Waals surface area contributed by atoms with Crippen molar-refractivity contribution in [3.8, 4) is 0 Å². The van der Waals surface area contributed by atoms with Gasteiger partial charge in [-0.1, -0.05) is 6.07 Å². The van der Waals surface area contributed by atoms with Crippen LogP contribution < -0.4 is 21.5 Å². The first-order valence-electron chi connectivity index (χ1n) is 10.2. The van der Waals surface area contributed by atoms with Crippen molar-refractivity contribution in [3.63, 3.8) is 0 Å². The highest BCUT2D eigenvalue weighted by Gasteiger charge is 2.18. The molecule has 3 aromatic rings. The van der Waals surface area contributed by atoms with Gasteiger partial charge < -0.3 is 14.8 Å². The number of rotatable bonds is 6. The van der Waals surface area contributed by atoms with Crippen molar-refractivity contribution < 1.29 is 4.79 Å². The zero-order chi connectivity index (χ0) is 21.4. The van der Waals surface area contributed by atoms with Crippen molar-refractivity contribution in [2.24, 2.45) is 14.1 Å². The van der Waals surface area contributed by atoms with Crippen LogP contribution in [0.1, 0.15) is 25.3 Å². The summed E-state index contributed by atoms with van der Waals surface area (Å²) in [6, 6.07) is 6.07. The normalized spacial score (nSPS) is 13.1. The average Bonchev–Trinajstić information content (AvgIpc) is 3.34.